The molecule has 0 spiro atoms. The summed E-state index contributed by atoms with van der Waals surface area (Å²) in [6, 6.07) is 15.0. The number of carbonyl (C=O) groups excluding carboxylic acids is 1. The minimum Gasteiger partial charge on any atom is -0.491 e. The molecule has 5 nitrogen and oxygen atoms in total. The van der Waals surface area contributed by atoms with Crippen LogP contribution in [0.25, 0.3) is 0 Å². The number of nitrogens with one attached hydrogen (secondary N) is 1. The van der Waals surface area contributed by atoms with Crippen LogP contribution < -0.4 is 19.5 Å². The van der Waals surface area contributed by atoms with Crippen LogP contribution in [-0.2, 0) is 4.79 Å². The minimum atomic E-state index is -0.651. The molecule has 24 heavy (non-hydrogen) atoms. The largest absolute Gasteiger partial charge is 0.491 e. The molecule has 0 aromatic heterocycles. The Labute approximate surface area is 141 Å². The van der Waals surface area contributed by atoms with Crippen LogP contribution >= 0.6 is 0 Å². The second-order valence-corrected chi connectivity index (χ2v) is 5.90. The predicted molar refractivity (Wildman–Crippen MR) is 90.6 cm³/mol. The van der Waals surface area contributed by atoms with Gasteiger partial charge in [0.15, 0.2) is 11.5 Å². The van der Waals surface area contributed by atoms with E-state index >= 15 is 0 Å². The predicted octanol–water partition coefficient (Wildman–Crippen LogP) is 2.72. The van der Waals surface area contributed by atoms with Crippen molar-refractivity contribution in [3.63, 3.8) is 0 Å². The number of hydrogen-bond acceptors (Lipinski definition) is 4. The van der Waals surface area contributed by atoms with Crippen molar-refractivity contribution in [1.29, 1.82) is 0 Å². The SMILES string of the molecule is Cc1ccc(OC[C@H](C)NC(=O)[C@H]2COc3ccccc3O2)cc1. The lowest BCUT2D eigenvalue weighted by molar-refractivity contribution is -0.131. The van der Waals surface area contributed by atoms with Gasteiger partial charge in [0.05, 0.1) is 6.04 Å². The second-order valence-electron chi connectivity index (χ2n) is 5.90. The molecule has 3 rings (SSSR count). The van der Waals surface area contributed by atoms with Gasteiger partial charge in [-0.1, -0.05) is 29.8 Å². The molecule has 0 bridgehead atoms. The quantitative estimate of drug-likeness (QED) is 0.917. The maximum absolute atomic E-state index is 12.3. The number of benzene rings is 2. The van der Waals surface area contributed by atoms with Crippen molar-refractivity contribution in [2.24, 2.45) is 0 Å². The van der Waals surface area contributed by atoms with Crippen LogP contribution in [0.5, 0.6) is 17.2 Å². The number of fused-ring (bicyclic) bond motifs is 1. The van der Waals surface area contributed by atoms with Crippen LogP contribution in [0.4, 0.5) is 0 Å². The Hall–Kier alpha value is -2.69. The highest BCUT2D eigenvalue weighted by Gasteiger charge is 2.28. The Morgan fingerprint density at radius 1 is 1.21 bits per heavy atom. The van der Waals surface area contributed by atoms with Crippen molar-refractivity contribution in [2.75, 3.05) is 13.2 Å². The third kappa shape index (κ3) is 3.98. The van der Waals surface area contributed by atoms with E-state index < -0.39 is 6.10 Å². The van der Waals surface area contributed by atoms with Crippen molar-refractivity contribution >= 4 is 5.91 Å². The van der Waals surface area contributed by atoms with Crippen molar-refractivity contribution in [3.8, 4) is 17.2 Å². The summed E-state index contributed by atoms with van der Waals surface area (Å²) >= 11 is 0. The van der Waals surface area contributed by atoms with Crippen LogP contribution in [0.2, 0.25) is 0 Å². The van der Waals surface area contributed by atoms with Gasteiger partial charge in [-0.05, 0) is 38.1 Å². The lowest BCUT2D eigenvalue weighted by Gasteiger charge is -2.26. The van der Waals surface area contributed by atoms with E-state index in [4.69, 9.17) is 14.2 Å². The summed E-state index contributed by atoms with van der Waals surface area (Å²) < 4.78 is 16.9. The monoisotopic (exact) mass is 327 g/mol. The van der Waals surface area contributed by atoms with Gasteiger partial charge in [0, 0.05) is 0 Å². The molecule has 5 heteroatoms. The van der Waals surface area contributed by atoms with Gasteiger partial charge in [-0.15, -0.1) is 0 Å². The van der Waals surface area contributed by atoms with Gasteiger partial charge in [0.25, 0.3) is 5.91 Å². The summed E-state index contributed by atoms with van der Waals surface area (Å²) in [5, 5.41) is 2.89. The summed E-state index contributed by atoms with van der Waals surface area (Å²) in [5.74, 6) is 1.84. The molecule has 1 aliphatic heterocycles. The van der Waals surface area contributed by atoms with E-state index in [9.17, 15) is 4.79 Å². The first-order valence-electron chi connectivity index (χ1n) is 8.00. The molecule has 0 unspecified atom stereocenters. The standard InChI is InChI=1S/C19H21NO4/c1-13-7-9-15(10-8-13)22-11-14(2)20-19(21)18-12-23-16-5-3-4-6-17(16)24-18/h3-10,14,18H,11-12H2,1-2H3,(H,20,21)/t14-,18+/m0/s1. The van der Waals surface area contributed by atoms with Crippen LogP contribution in [0, 0.1) is 6.92 Å². The smallest absolute Gasteiger partial charge is 0.265 e. The molecule has 0 fully saturated rings. The fraction of sp³-hybridized carbons (Fsp3) is 0.316. The number of carbonyl (C=O) groups is 1. The summed E-state index contributed by atoms with van der Waals surface area (Å²) in [6.45, 7) is 4.51. The number of amides is 1. The molecule has 1 aliphatic rings. The summed E-state index contributed by atoms with van der Waals surface area (Å²) in [5.41, 5.74) is 1.18. The lowest BCUT2D eigenvalue weighted by atomic mass is 10.2. The highest BCUT2D eigenvalue weighted by atomic mass is 16.6. The van der Waals surface area contributed by atoms with Crippen molar-refractivity contribution in [3.05, 3.63) is 54.1 Å². The molecular formula is C19H21NO4. The molecule has 2 atom stereocenters. The number of rotatable bonds is 5. The Morgan fingerprint density at radius 2 is 1.92 bits per heavy atom. The lowest BCUT2D eigenvalue weighted by Crippen LogP contribution is -2.48. The number of aryl methyl sites for hydroxylation is 1. The van der Waals surface area contributed by atoms with E-state index in [1.54, 1.807) is 6.07 Å². The molecule has 0 saturated heterocycles. The van der Waals surface area contributed by atoms with Crippen molar-refractivity contribution in [2.45, 2.75) is 26.0 Å². The fourth-order valence-corrected chi connectivity index (χ4v) is 2.38. The van der Waals surface area contributed by atoms with Gasteiger partial charge in [-0.25, -0.2) is 0 Å². The van der Waals surface area contributed by atoms with Crippen LogP contribution in [0.1, 0.15) is 12.5 Å². The zero-order chi connectivity index (χ0) is 16.9. The minimum absolute atomic E-state index is 0.139. The zero-order valence-corrected chi connectivity index (χ0v) is 13.8. The molecule has 2 aromatic carbocycles. The molecule has 1 N–H and O–H groups in total. The summed E-state index contributed by atoms with van der Waals surface area (Å²) in [4.78, 5) is 12.3. The van der Waals surface area contributed by atoms with E-state index in [0.717, 1.165) is 5.75 Å². The number of para-hydroxylation sites is 2. The molecule has 0 radical (unpaired) electrons. The first kappa shape index (κ1) is 16.2. The summed E-state index contributed by atoms with van der Waals surface area (Å²) in [7, 11) is 0. The molecule has 126 valence electrons. The topological polar surface area (TPSA) is 56.8 Å². The Bertz CT molecular complexity index is 699. The Kier molecular flexibility index (Phi) is 4.89. The molecule has 0 aliphatic carbocycles. The maximum Gasteiger partial charge on any atom is 0.265 e. The van der Waals surface area contributed by atoms with Gasteiger partial charge in [-0.2, -0.15) is 0 Å². The highest BCUT2D eigenvalue weighted by Crippen LogP contribution is 2.30. The van der Waals surface area contributed by atoms with Crippen molar-refractivity contribution < 1.29 is 19.0 Å². The van der Waals surface area contributed by atoms with E-state index in [1.807, 2.05) is 56.3 Å². The molecular weight excluding hydrogens is 306 g/mol. The van der Waals surface area contributed by atoms with Crippen LogP contribution in [0.3, 0.4) is 0 Å². The summed E-state index contributed by atoms with van der Waals surface area (Å²) in [6.07, 6.45) is -0.651. The molecule has 0 saturated carbocycles. The highest BCUT2D eigenvalue weighted by molar-refractivity contribution is 5.82. The third-order valence-corrected chi connectivity index (χ3v) is 3.71. The first-order chi connectivity index (χ1) is 11.6. The van der Waals surface area contributed by atoms with Crippen molar-refractivity contribution in [1.82, 2.24) is 5.32 Å². The second kappa shape index (κ2) is 7.25. The van der Waals surface area contributed by atoms with Gasteiger partial charge >= 0.3 is 0 Å². The Balaban J connectivity index is 1.49. The average molecular weight is 327 g/mol. The fourth-order valence-electron chi connectivity index (χ4n) is 2.38. The molecule has 2 aromatic rings. The van der Waals surface area contributed by atoms with E-state index in [2.05, 4.69) is 5.32 Å². The molecule has 1 amide bonds. The van der Waals surface area contributed by atoms with Gasteiger partial charge in [0.1, 0.15) is 19.0 Å². The Morgan fingerprint density at radius 3 is 2.67 bits per heavy atom. The van der Waals surface area contributed by atoms with E-state index in [-0.39, 0.29) is 18.6 Å². The van der Waals surface area contributed by atoms with Crippen LogP contribution in [-0.4, -0.2) is 31.3 Å². The zero-order valence-electron chi connectivity index (χ0n) is 13.8. The van der Waals surface area contributed by atoms with Gasteiger partial charge in [-0.3, -0.25) is 4.79 Å². The number of ether oxygens (including phenoxy) is 3. The third-order valence-electron chi connectivity index (χ3n) is 3.71. The van der Waals surface area contributed by atoms with E-state index in [0.29, 0.717) is 18.1 Å². The normalized spacial score (nSPS) is 17.0. The van der Waals surface area contributed by atoms with Crippen LogP contribution in [0.15, 0.2) is 48.5 Å². The van der Waals surface area contributed by atoms with Gasteiger partial charge < -0.3 is 19.5 Å². The average Bonchev–Trinajstić information content (AvgIpc) is 2.61. The first-order valence-corrected chi connectivity index (χ1v) is 8.00. The van der Waals surface area contributed by atoms with Gasteiger partial charge in [0.2, 0.25) is 6.10 Å². The molecule has 1 heterocycles. The van der Waals surface area contributed by atoms with E-state index in [1.165, 1.54) is 5.56 Å². The number of hydrogen-bond donors (Lipinski definition) is 1. The maximum atomic E-state index is 12.3.